The summed E-state index contributed by atoms with van der Waals surface area (Å²) in [6.45, 7) is 4.21. The molecule has 0 aromatic heterocycles. The maximum Gasteiger partial charge on any atom is 0.116 e. The Hall–Kier alpha value is -3.78. The second-order valence-electron chi connectivity index (χ2n) is 7.53. The van der Waals surface area contributed by atoms with Crippen LogP contribution in [0.25, 0.3) is 12.2 Å². The number of phenols is 1. The fourth-order valence-corrected chi connectivity index (χ4v) is 3.39. The van der Waals surface area contributed by atoms with Crippen LogP contribution in [-0.4, -0.2) is 5.11 Å². The van der Waals surface area contributed by atoms with Gasteiger partial charge in [0.15, 0.2) is 0 Å². The number of phenolic OH excluding ortho intramolecular Hbond substituents is 1. The lowest BCUT2D eigenvalue weighted by molar-refractivity contribution is 0.475. The van der Waals surface area contributed by atoms with Crippen LogP contribution in [0.3, 0.4) is 0 Å². The number of aromatic hydroxyl groups is 1. The Morgan fingerprint density at radius 1 is 0.567 bits per heavy atom. The van der Waals surface area contributed by atoms with Crippen LogP contribution in [0.2, 0.25) is 0 Å². The number of rotatable bonds is 5. The minimum Gasteiger partial charge on any atom is -0.508 e. The van der Waals surface area contributed by atoms with Crippen molar-refractivity contribution in [3.05, 3.63) is 119 Å². The van der Waals surface area contributed by atoms with Crippen LogP contribution in [0.1, 0.15) is 22.3 Å². The summed E-state index contributed by atoms with van der Waals surface area (Å²) in [5.41, 5.74) is 7.94. The van der Waals surface area contributed by atoms with Crippen molar-refractivity contribution in [3.8, 4) is 5.75 Å². The van der Waals surface area contributed by atoms with E-state index in [1.165, 1.54) is 11.1 Å². The van der Waals surface area contributed by atoms with E-state index in [1.54, 1.807) is 12.1 Å². The van der Waals surface area contributed by atoms with Gasteiger partial charge in [-0.2, -0.15) is 0 Å². The van der Waals surface area contributed by atoms with Crippen LogP contribution in [-0.2, 0) is 0 Å². The molecule has 0 atom stereocenters. The number of nitrogens with zero attached hydrogens (tertiary/aromatic N) is 1. The van der Waals surface area contributed by atoms with Crippen LogP contribution in [0, 0.1) is 13.8 Å². The maximum absolute atomic E-state index is 9.62. The van der Waals surface area contributed by atoms with Crippen molar-refractivity contribution in [1.82, 2.24) is 0 Å². The minimum absolute atomic E-state index is 0.277. The lowest BCUT2D eigenvalue weighted by atomic mass is 10.1. The second-order valence-corrected chi connectivity index (χ2v) is 7.53. The van der Waals surface area contributed by atoms with Crippen LogP contribution >= 0.6 is 0 Å². The fraction of sp³-hybridized carbons (Fsp3) is 0.0714. The summed E-state index contributed by atoms with van der Waals surface area (Å²) in [4.78, 5) is 2.27. The summed E-state index contributed by atoms with van der Waals surface area (Å²) >= 11 is 0. The lowest BCUT2D eigenvalue weighted by Gasteiger charge is -2.25. The molecule has 0 aliphatic carbocycles. The Morgan fingerprint density at radius 3 is 1.53 bits per heavy atom. The highest BCUT2D eigenvalue weighted by Gasteiger charge is 2.12. The van der Waals surface area contributed by atoms with Gasteiger partial charge < -0.3 is 10.0 Å². The molecule has 4 aromatic rings. The van der Waals surface area contributed by atoms with Gasteiger partial charge in [0, 0.05) is 17.1 Å². The quantitative estimate of drug-likeness (QED) is 0.353. The summed E-state index contributed by atoms with van der Waals surface area (Å²) in [5.74, 6) is 0.277. The molecule has 0 spiro atoms. The molecule has 0 fully saturated rings. The zero-order chi connectivity index (χ0) is 20.9. The van der Waals surface area contributed by atoms with E-state index < -0.39 is 0 Å². The predicted molar refractivity (Wildman–Crippen MR) is 128 cm³/mol. The summed E-state index contributed by atoms with van der Waals surface area (Å²) in [6, 6.07) is 33.0. The highest BCUT2D eigenvalue weighted by Crippen LogP contribution is 2.34. The number of hydrogen-bond donors (Lipinski definition) is 1. The van der Waals surface area contributed by atoms with Gasteiger partial charge in [0.05, 0.1) is 0 Å². The molecule has 0 saturated heterocycles. The van der Waals surface area contributed by atoms with Crippen molar-refractivity contribution in [2.45, 2.75) is 13.8 Å². The molecule has 2 heteroatoms. The van der Waals surface area contributed by atoms with Gasteiger partial charge in [-0.3, -0.25) is 0 Å². The molecular weight excluding hydrogens is 366 g/mol. The van der Waals surface area contributed by atoms with Crippen LogP contribution < -0.4 is 4.90 Å². The van der Waals surface area contributed by atoms with E-state index in [0.29, 0.717) is 0 Å². The monoisotopic (exact) mass is 391 g/mol. The molecule has 0 aliphatic rings. The Morgan fingerprint density at radius 2 is 1.03 bits per heavy atom. The molecule has 4 rings (SSSR count). The van der Waals surface area contributed by atoms with Crippen molar-refractivity contribution < 1.29 is 5.11 Å². The largest absolute Gasteiger partial charge is 0.508 e. The first kappa shape index (κ1) is 19.5. The Kier molecular flexibility index (Phi) is 5.67. The van der Waals surface area contributed by atoms with Gasteiger partial charge >= 0.3 is 0 Å². The van der Waals surface area contributed by atoms with Crippen LogP contribution in [0.4, 0.5) is 17.1 Å². The van der Waals surface area contributed by atoms with E-state index >= 15 is 0 Å². The van der Waals surface area contributed by atoms with Gasteiger partial charge in [-0.1, -0.05) is 71.8 Å². The second kappa shape index (κ2) is 8.71. The molecule has 1 N–H and O–H groups in total. The standard InChI is InChI=1S/C28H25NO/c1-21-6-14-25(15-7-21)29(26-16-8-22(2)9-17-26)27-18-12-23(13-19-27)10-11-24-4-3-5-28(30)20-24/h3-20,30H,1-2H3. The third-order valence-corrected chi connectivity index (χ3v) is 5.07. The van der Waals surface area contributed by atoms with Gasteiger partial charge in [0.25, 0.3) is 0 Å². The average molecular weight is 392 g/mol. The van der Waals surface area contributed by atoms with Gasteiger partial charge in [-0.15, -0.1) is 0 Å². The molecule has 0 unspecified atom stereocenters. The molecule has 148 valence electrons. The highest BCUT2D eigenvalue weighted by molar-refractivity contribution is 5.78. The first-order valence-electron chi connectivity index (χ1n) is 10.1. The van der Waals surface area contributed by atoms with E-state index in [0.717, 1.165) is 28.2 Å². The van der Waals surface area contributed by atoms with E-state index in [9.17, 15) is 5.11 Å². The third-order valence-electron chi connectivity index (χ3n) is 5.07. The molecule has 2 nitrogen and oxygen atoms in total. The zero-order valence-corrected chi connectivity index (χ0v) is 17.3. The van der Waals surface area contributed by atoms with E-state index in [4.69, 9.17) is 0 Å². The average Bonchev–Trinajstić information content (AvgIpc) is 2.76. The summed E-state index contributed by atoms with van der Waals surface area (Å²) < 4.78 is 0. The number of aryl methyl sites for hydroxylation is 2. The Bertz CT molecular complexity index is 1100. The van der Waals surface area contributed by atoms with Gasteiger partial charge in [0.1, 0.15) is 5.75 Å². The van der Waals surface area contributed by atoms with Crippen molar-refractivity contribution in [2.75, 3.05) is 4.90 Å². The molecule has 4 aromatic carbocycles. The normalized spacial score (nSPS) is 11.0. The van der Waals surface area contributed by atoms with Crippen molar-refractivity contribution >= 4 is 29.2 Å². The summed E-state index contributed by atoms with van der Waals surface area (Å²) in [7, 11) is 0. The minimum atomic E-state index is 0.277. The molecule has 0 aliphatic heterocycles. The van der Waals surface area contributed by atoms with E-state index in [2.05, 4.69) is 97.6 Å². The van der Waals surface area contributed by atoms with E-state index in [-0.39, 0.29) is 5.75 Å². The maximum atomic E-state index is 9.62. The topological polar surface area (TPSA) is 23.5 Å². The molecule has 0 saturated carbocycles. The number of hydrogen-bond acceptors (Lipinski definition) is 2. The smallest absolute Gasteiger partial charge is 0.116 e. The fourth-order valence-electron chi connectivity index (χ4n) is 3.39. The van der Waals surface area contributed by atoms with Crippen molar-refractivity contribution in [1.29, 1.82) is 0 Å². The number of anilines is 3. The van der Waals surface area contributed by atoms with Gasteiger partial charge in [-0.05, 0) is 73.5 Å². The molecule has 0 heterocycles. The zero-order valence-electron chi connectivity index (χ0n) is 17.3. The van der Waals surface area contributed by atoms with Crippen molar-refractivity contribution in [2.24, 2.45) is 0 Å². The Labute approximate surface area is 178 Å². The summed E-state index contributed by atoms with van der Waals surface area (Å²) in [5, 5.41) is 9.62. The molecule has 30 heavy (non-hydrogen) atoms. The molecule has 0 amide bonds. The molecule has 0 radical (unpaired) electrons. The Balaban J connectivity index is 1.65. The van der Waals surface area contributed by atoms with E-state index in [1.807, 2.05) is 18.2 Å². The van der Waals surface area contributed by atoms with Gasteiger partial charge in [-0.25, -0.2) is 0 Å². The first-order valence-corrected chi connectivity index (χ1v) is 10.1. The molecule has 0 bridgehead atoms. The first-order chi connectivity index (χ1) is 14.6. The number of benzene rings is 4. The predicted octanol–water partition coefficient (Wildman–Crippen LogP) is 7.65. The van der Waals surface area contributed by atoms with Crippen molar-refractivity contribution in [3.63, 3.8) is 0 Å². The lowest BCUT2D eigenvalue weighted by Crippen LogP contribution is -2.09. The third kappa shape index (κ3) is 4.61. The highest BCUT2D eigenvalue weighted by atomic mass is 16.3. The molecular formula is C28H25NO. The van der Waals surface area contributed by atoms with Crippen LogP contribution in [0.5, 0.6) is 5.75 Å². The van der Waals surface area contributed by atoms with Gasteiger partial charge in [0.2, 0.25) is 0 Å². The van der Waals surface area contributed by atoms with Crippen LogP contribution in [0.15, 0.2) is 97.1 Å². The SMILES string of the molecule is Cc1ccc(N(c2ccc(C)cc2)c2ccc(C=Cc3cccc(O)c3)cc2)cc1. The summed E-state index contributed by atoms with van der Waals surface area (Å²) in [6.07, 6.45) is 4.06.